The van der Waals surface area contributed by atoms with Crippen molar-refractivity contribution in [3.63, 3.8) is 0 Å². The summed E-state index contributed by atoms with van der Waals surface area (Å²) in [6.45, 7) is 6.70. The molecule has 0 saturated carbocycles. The Hall–Kier alpha value is -0.900. The van der Waals surface area contributed by atoms with Crippen molar-refractivity contribution in [2.24, 2.45) is 0 Å². The number of aromatic nitrogens is 2. The molecule has 1 aromatic rings. The lowest BCUT2D eigenvalue weighted by atomic mass is 10.4. The maximum atomic E-state index is 12.5. The topological polar surface area (TPSA) is 37.9 Å². The summed E-state index contributed by atoms with van der Waals surface area (Å²) >= 11 is 0. The van der Waals surface area contributed by atoms with Gasteiger partial charge in [-0.15, -0.1) is 0 Å². The number of hydrogen-bond acceptors (Lipinski definition) is 2. The van der Waals surface area contributed by atoms with E-state index in [1.165, 1.54) is 0 Å². The average Bonchev–Trinajstić information content (AvgIpc) is 2.51. The van der Waals surface area contributed by atoms with Crippen LogP contribution in [0.5, 0.6) is 0 Å². The van der Waals surface area contributed by atoms with Crippen LogP contribution in [0.4, 0.5) is 4.39 Å². The fraction of sp³-hybridized carbons (Fsp3) is 0.625. The summed E-state index contributed by atoms with van der Waals surface area (Å²) < 4.78 is 17.4. The first kappa shape index (κ1) is 11.1. The first-order chi connectivity index (χ1) is 5.84. The molecule has 1 N–H and O–H groups in total. The molecule has 12 heavy (non-hydrogen) atoms. The third-order valence-electron chi connectivity index (χ3n) is 1.12. The van der Waals surface area contributed by atoms with E-state index in [9.17, 15) is 4.39 Å². The monoisotopic (exact) mass is 174 g/mol. The molecule has 0 atom stereocenters. The lowest BCUT2D eigenvalue weighted by Gasteiger charge is -1.95. The third-order valence-corrected chi connectivity index (χ3v) is 1.12. The number of ether oxygens (including phenoxy) is 1. The first-order valence-corrected chi connectivity index (χ1v) is 4.10. The number of rotatable bonds is 3. The zero-order valence-electron chi connectivity index (χ0n) is 7.72. The summed E-state index contributed by atoms with van der Waals surface area (Å²) in [4.78, 5) is 0. The Morgan fingerprint density at radius 2 is 2.25 bits per heavy atom. The van der Waals surface area contributed by atoms with Gasteiger partial charge < -0.3 is 4.74 Å². The highest BCUT2D eigenvalue weighted by Gasteiger charge is 2.01. The highest BCUT2D eigenvalue weighted by Crippen LogP contribution is 2.01. The Kier molecular flexibility index (Phi) is 6.28. The average molecular weight is 174 g/mol. The number of nitrogens with zero attached hydrogens (tertiary/aromatic N) is 1. The second-order valence-corrected chi connectivity index (χ2v) is 1.83. The summed E-state index contributed by atoms with van der Waals surface area (Å²) in [5, 5.41) is 5.98. The molecule has 0 unspecified atom stereocenters. The van der Waals surface area contributed by atoms with Gasteiger partial charge in [0.15, 0.2) is 5.82 Å². The van der Waals surface area contributed by atoms with Gasteiger partial charge in [0.25, 0.3) is 0 Å². The Bertz CT molecular complexity index is 201. The number of H-pyrrole nitrogens is 1. The van der Waals surface area contributed by atoms with Gasteiger partial charge in [-0.25, -0.2) is 4.39 Å². The molecule has 0 bridgehead atoms. The number of nitrogens with one attached hydrogen (secondary N) is 1. The van der Waals surface area contributed by atoms with E-state index in [4.69, 9.17) is 4.74 Å². The van der Waals surface area contributed by atoms with Crippen LogP contribution in [0.1, 0.15) is 26.5 Å². The van der Waals surface area contributed by atoms with Gasteiger partial charge in [-0.05, 0) is 6.92 Å². The fourth-order valence-corrected chi connectivity index (χ4v) is 0.604. The van der Waals surface area contributed by atoms with Crippen molar-refractivity contribution in [2.75, 3.05) is 6.61 Å². The SMILES string of the molecule is CC.CCOCc1[nH]ncc1F. The molecule has 1 heterocycles. The minimum atomic E-state index is -0.339. The van der Waals surface area contributed by atoms with Crippen molar-refractivity contribution in [3.05, 3.63) is 17.7 Å². The maximum Gasteiger partial charge on any atom is 0.166 e. The molecule has 1 rings (SSSR count). The van der Waals surface area contributed by atoms with E-state index in [-0.39, 0.29) is 12.4 Å². The fourth-order valence-electron chi connectivity index (χ4n) is 0.604. The van der Waals surface area contributed by atoms with Crippen LogP contribution < -0.4 is 0 Å². The van der Waals surface area contributed by atoms with E-state index in [0.717, 1.165) is 6.20 Å². The Labute approximate surface area is 71.9 Å². The van der Waals surface area contributed by atoms with E-state index in [0.29, 0.717) is 12.3 Å². The summed E-state index contributed by atoms with van der Waals surface area (Å²) in [5.74, 6) is -0.339. The van der Waals surface area contributed by atoms with Crippen LogP contribution in [0.2, 0.25) is 0 Å². The predicted octanol–water partition coefficient (Wildman–Crippen LogP) is 2.11. The highest BCUT2D eigenvalue weighted by molar-refractivity contribution is 4.99. The van der Waals surface area contributed by atoms with E-state index in [1.54, 1.807) is 0 Å². The molecule has 0 radical (unpaired) electrons. The molecule has 0 aromatic carbocycles. The minimum Gasteiger partial charge on any atom is -0.375 e. The van der Waals surface area contributed by atoms with Gasteiger partial charge in [0, 0.05) is 6.61 Å². The quantitative estimate of drug-likeness (QED) is 0.762. The van der Waals surface area contributed by atoms with Gasteiger partial charge in [0.1, 0.15) is 0 Å². The lowest BCUT2D eigenvalue weighted by molar-refractivity contribution is 0.128. The van der Waals surface area contributed by atoms with Crippen molar-refractivity contribution in [1.82, 2.24) is 10.2 Å². The Morgan fingerprint density at radius 3 is 2.67 bits per heavy atom. The zero-order valence-corrected chi connectivity index (χ0v) is 7.72. The Morgan fingerprint density at radius 1 is 1.58 bits per heavy atom. The second-order valence-electron chi connectivity index (χ2n) is 1.83. The van der Waals surface area contributed by atoms with Crippen molar-refractivity contribution in [1.29, 1.82) is 0 Å². The van der Waals surface area contributed by atoms with E-state index in [2.05, 4.69) is 10.2 Å². The standard InChI is InChI=1S/C6H9FN2O.C2H6/c1-2-10-4-6-5(7)3-8-9-6;1-2/h3H,2,4H2,1H3,(H,8,9);1-2H3. The van der Waals surface area contributed by atoms with Gasteiger partial charge in [-0.1, -0.05) is 13.8 Å². The van der Waals surface area contributed by atoms with Gasteiger partial charge in [-0.2, -0.15) is 5.10 Å². The molecule has 70 valence electrons. The van der Waals surface area contributed by atoms with Crippen molar-refractivity contribution < 1.29 is 9.13 Å². The highest BCUT2D eigenvalue weighted by atomic mass is 19.1. The molecule has 4 heteroatoms. The molecule has 0 aliphatic heterocycles. The van der Waals surface area contributed by atoms with Crippen LogP contribution >= 0.6 is 0 Å². The van der Waals surface area contributed by atoms with Crippen LogP contribution in [-0.2, 0) is 11.3 Å². The molecule has 0 aliphatic carbocycles. The summed E-state index contributed by atoms with van der Waals surface area (Å²) in [5.41, 5.74) is 0.404. The van der Waals surface area contributed by atoms with Crippen LogP contribution in [0, 0.1) is 5.82 Å². The normalized spacial score (nSPS) is 9.00. The molecule has 0 saturated heterocycles. The Balaban J connectivity index is 0.000000561. The van der Waals surface area contributed by atoms with E-state index >= 15 is 0 Å². The molecule has 0 aliphatic rings. The summed E-state index contributed by atoms with van der Waals surface area (Å²) in [6, 6.07) is 0. The van der Waals surface area contributed by atoms with Gasteiger partial charge in [-0.3, -0.25) is 5.10 Å². The molecule has 0 amide bonds. The maximum absolute atomic E-state index is 12.5. The lowest BCUT2D eigenvalue weighted by Crippen LogP contribution is -1.94. The van der Waals surface area contributed by atoms with Crippen LogP contribution in [-0.4, -0.2) is 16.8 Å². The molecule has 0 spiro atoms. The first-order valence-electron chi connectivity index (χ1n) is 4.10. The van der Waals surface area contributed by atoms with Crippen LogP contribution in [0.15, 0.2) is 6.20 Å². The molecule has 3 nitrogen and oxygen atoms in total. The van der Waals surface area contributed by atoms with Crippen molar-refractivity contribution in [2.45, 2.75) is 27.4 Å². The van der Waals surface area contributed by atoms with Gasteiger partial charge >= 0.3 is 0 Å². The van der Waals surface area contributed by atoms with Gasteiger partial charge in [0.2, 0.25) is 0 Å². The molecular formula is C8H15FN2O. The third kappa shape index (κ3) is 3.48. The minimum absolute atomic E-state index is 0.266. The van der Waals surface area contributed by atoms with Crippen molar-refractivity contribution in [3.8, 4) is 0 Å². The smallest absolute Gasteiger partial charge is 0.166 e. The van der Waals surface area contributed by atoms with Crippen LogP contribution in [0.3, 0.4) is 0 Å². The number of aromatic amines is 1. The second kappa shape index (κ2) is 6.79. The zero-order chi connectivity index (χ0) is 9.40. The number of halogens is 1. The largest absolute Gasteiger partial charge is 0.375 e. The van der Waals surface area contributed by atoms with E-state index < -0.39 is 0 Å². The van der Waals surface area contributed by atoms with Gasteiger partial charge in [0.05, 0.1) is 18.5 Å². The molecule has 0 fully saturated rings. The number of hydrogen-bond donors (Lipinski definition) is 1. The van der Waals surface area contributed by atoms with E-state index in [1.807, 2.05) is 20.8 Å². The van der Waals surface area contributed by atoms with Crippen LogP contribution in [0.25, 0.3) is 0 Å². The predicted molar refractivity (Wildman–Crippen MR) is 45.2 cm³/mol. The molecule has 1 aromatic heterocycles. The van der Waals surface area contributed by atoms with Crippen molar-refractivity contribution >= 4 is 0 Å². The summed E-state index contributed by atoms with van der Waals surface area (Å²) in [6.07, 6.45) is 1.13. The summed E-state index contributed by atoms with van der Waals surface area (Å²) in [7, 11) is 0. The molecular weight excluding hydrogens is 159 g/mol.